The molecule has 1 heterocycles. The Balaban J connectivity index is 1.83. The summed E-state index contributed by atoms with van der Waals surface area (Å²) in [6.07, 6.45) is 0. The predicted molar refractivity (Wildman–Crippen MR) is 95.1 cm³/mol. The molecule has 7 nitrogen and oxygen atoms in total. The minimum absolute atomic E-state index is 0.0314. The highest BCUT2D eigenvalue weighted by atomic mass is 16.3. The summed E-state index contributed by atoms with van der Waals surface area (Å²) < 4.78 is 1.76. The Morgan fingerprint density at radius 3 is 2.88 bits per heavy atom. The van der Waals surface area contributed by atoms with E-state index in [1.54, 1.807) is 28.8 Å². The van der Waals surface area contributed by atoms with Crippen molar-refractivity contribution in [1.29, 1.82) is 5.26 Å². The third-order valence-corrected chi connectivity index (χ3v) is 3.63. The SMILES string of the molecule is N#Cc1cccc(NC(=O)Cn2c(NCCO)nc3ccccc32)c1. The van der Waals surface area contributed by atoms with Crippen LogP contribution in [0, 0.1) is 11.3 Å². The van der Waals surface area contributed by atoms with Crippen molar-refractivity contribution >= 4 is 28.6 Å². The van der Waals surface area contributed by atoms with Crippen LogP contribution in [0.5, 0.6) is 0 Å². The van der Waals surface area contributed by atoms with E-state index in [9.17, 15) is 4.79 Å². The lowest BCUT2D eigenvalue weighted by molar-refractivity contribution is -0.116. The molecule has 0 radical (unpaired) electrons. The Labute approximate surface area is 144 Å². The van der Waals surface area contributed by atoms with Crippen molar-refractivity contribution in [1.82, 2.24) is 9.55 Å². The monoisotopic (exact) mass is 335 g/mol. The van der Waals surface area contributed by atoms with Gasteiger partial charge in [0.2, 0.25) is 11.9 Å². The van der Waals surface area contributed by atoms with E-state index in [1.807, 2.05) is 30.3 Å². The molecule has 7 heteroatoms. The Morgan fingerprint density at radius 2 is 2.08 bits per heavy atom. The second-order valence-corrected chi connectivity index (χ2v) is 5.40. The number of imidazole rings is 1. The lowest BCUT2D eigenvalue weighted by atomic mass is 10.2. The van der Waals surface area contributed by atoms with E-state index < -0.39 is 0 Å². The molecule has 0 aliphatic rings. The van der Waals surface area contributed by atoms with E-state index in [0.29, 0.717) is 23.7 Å². The van der Waals surface area contributed by atoms with E-state index in [4.69, 9.17) is 10.4 Å². The summed E-state index contributed by atoms with van der Waals surface area (Å²) in [4.78, 5) is 16.9. The second kappa shape index (κ2) is 7.47. The molecule has 0 atom stereocenters. The number of nitrogens with one attached hydrogen (secondary N) is 2. The van der Waals surface area contributed by atoms with E-state index in [-0.39, 0.29) is 19.1 Å². The average molecular weight is 335 g/mol. The van der Waals surface area contributed by atoms with E-state index in [0.717, 1.165) is 11.0 Å². The van der Waals surface area contributed by atoms with Crippen molar-refractivity contribution in [2.75, 3.05) is 23.8 Å². The Bertz CT molecular complexity index is 942. The van der Waals surface area contributed by atoms with Crippen LogP contribution in [0.3, 0.4) is 0 Å². The fraction of sp³-hybridized carbons (Fsp3) is 0.167. The van der Waals surface area contributed by atoms with Crippen molar-refractivity contribution in [3.63, 3.8) is 0 Å². The summed E-state index contributed by atoms with van der Waals surface area (Å²) in [5.41, 5.74) is 2.64. The number of carbonyl (C=O) groups excluding carboxylic acids is 1. The number of carbonyl (C=O) groups is 1. The van der Waals surface area contributed by atoms with Gasteiger partial charge in [0, 0.05) is 12.2 Å². The second-order valence-electron chi connectivity index (χ2n) is 5.40. The molecule has 126 valence electrons. The molecule has 0 fully saturated rings. The van der Waals surface area contributed by atoms with Gasteiger partial charge < -0.3 is 20.3 Å². The molecular formula is C18H17N5O2. The van der Waals surface area contributed by atoms with Gasteiger partial charge in [0.1, 0.15) is 6.54 Å². The fourth-order valence-corrected chi connectivity index (χ4v) is 2.55. The summed E-state index contributed by atoms with van der Waals surface area (Å²) in [7, 11) is 0. The van der Waals surface area contributed by atoms with Crippen LogP contribution in [-0.2, 0) is 11.3 Å². The van der Waals surface area contributed by atoms with E-state index >= 15 is 0 Å². The molecule has 1 amide bonds. The van der Waals surface area contributed by atoms with E-state index in [1.165, 1.54) is 0 Å². The Hall–Kier alpha value is -3.37. The van der Waals surface area contributed by atoms with Crippen molar-refractivity contribution in [2.24, 2.45) is 0 Å². The lowest BCUT2D eigenvalue weighted by Gasteiger charge is -2.11. The molecule has 3 rings (SSSR count). The quantitative estimate of drug-likeness (QED) is 0.639. The molecule has 0 saturated carbocycles. The number of hydrogen-bond acceptors (Lipinski definition) is 5. The highest BCUT2D eigenvalue weighted by Gasteiger charge is 2.13. The summed E-state index contributed by atoms with van der Waals surface area (Å²) in [5.74, 6) is 0.293. The number of nitriles is 1. The first kappa shape index (κ1) is 16.5. The molecule has 0 aliphatic heterocycles. The van der Waals surface area contributed by atoms with Crippen LogP contribution in [0.15, 0.2) is 48.5 Å². The van der Waals surface area contributed by atoms with Crippen LogP contribution in [0.2, 0.25) is 0 Å². The minimum atomic E-state index is -0.231. The normalized spacial score (nSPS) is 10.4. The molecule has 3 aromatic rings. The van der Waals surface area contributed by atoms with Crippen LogP contribution in [0.1, 0.15) is 5.56 Å². The van der Waals surface area contributed by atoms with Crippen LogP contribution < -0.4 is 10.6 Å². The fourth-order valence-electron chi connectivity index (χ4n) is 2.55. The van der Waals surface area contributed by atoms with Crippen molar-refractivity contribution in [3.05, 3.63) is 54.1 Å². The summed E-state index contributed by atoms with van der Waals surface area (Å²) >= 11 is 0. The number of rotatable bonds is 6. The Morgan fingerprint density at radius 1 is 1.24 bits per heavy atom. The van der Waals surface area contributed by atoms with E-state index in [2.05, 4.69) is 15.6 Å². The Kier molecular flexibility index (Phi) is 4.92. The number of benzene rings is 2. The van der Waals surface area contributed by atoms with Gasteiger partial charge in [0.25, 0.3) is 0 Å². The predicted octanol–water partition coefficient (Wildman–Crippen LogP) is 1.95. The van der Waals surface area contributed by atoms with Gasteiger partial charge in [-0.15, -0.1) is 0 Å². The standard InChI is InChI=1S/C18H17N5O2/c19-11-13-4-3-5-14(10-13)21-17(25)12-23-16-7-2-1-6-15(16)22-18(23)20-8-9-24/h1-7,10,24H,8-9,12H2,(H,20,22)(H,21,25). The minimum Gasteiger partial charge on any atom is -0.395 e. The average Bonchev–Trinajstić information content (AvgIpc) is 2.97. The maximum absolute atomic E-state index is 12.4. The van der Waals surface area contributed by atoms with Gasteiger partial charge in [-0.05, 0) is 30.3 Å². The zero-order valence-corrected chi connectivity index (χ0v) is 13.4. The highest BCUT2D eigenvalue weighted by molar-refractivity contribution is 5.92. The third-order valence-electron chi connectivity index (χ3n) is 3.63. The van der Waals surface area contributed by atoms with Crippen LogP contribution >= 0.6 is 0 Å². The molecule has 0 bridgehead atoms. The first-order chi connectivity index (χ1) is 12.2. The van der Waals surface area contributed by atoms with Crippen LogP contribution in [0.25, 0.3) is 11.0 Å². The van der Waals surface area contributed by atoms with Gasteiger partial charge in [-0.25, -0.2) is 4.98 Å². The zero-order chi connectivity index (χ0) is 17.6. The number of aromatic nitrogens is 2. The van der Waals surface area contributed by atoms with Gasteiger partial charge in [0.05, 0.1) is 29.3 Å². The van der Waals surface area contributed by atoms with Crippen molar-refractivity contribution in [3.8, 4) is 6.07 Å². The molecule has 3 N–H and O–H groups in total. The largest absolute Gasteiger partial charge is 0.395 e. The van der Waals surface area contributed by atoms with Gasteiger partial charge in [-0.3, -0.25) is 4.79 Å². The topological polar surface area (TPSA) is 103 Å². The number of amides is 1. The molecular weight excluding hydrogens is 318 g/mol. The molecule has 1 aromatic heterocycles. The molecule has 25 heavy (non-hydrogen) atoms. The third kappa shape index (κ3) is 3.76. The van der Waals surface area contributed by atoms with Gasteiger partial charge in [0.15, 0.2) is 0 Å². The van der Waals surface area contributed by atoms with Gasteiger partial charge >= 0.3 is 0 Å². The summed E-state index contributed by atoms with van der Waals surface area (Å²) in [5, 5.41) is 23.8. The molecule has 0 unspecified atom stereocenters. The van der Waals surface area contributed by atoms with Crippen molar-refractivity contribution < 1.29 is 9.90 Å². The van der Waals surface area contributed by atoms with Gasteiger partial charge in [-0.2, -0.15) is 5.26 Å². The number of fused-ring (bicyclic) bond motifs is 1. The molecule has 2 aromatic carbocycles. The van der Waals surface area contributed by atoms with Crippen molar-refractivity contribution in [2.45, 2.75) is 6.54 Å². The number of hydrogen-bond donors (Lipinski definition) is 3. The first-order valence-electron chi connectivity index (χ1n) is 7.81. The van der Waals surface area contributed by atoms with Crippen LogP contribution in [-0.4, -0.2) is 33.7 Å². The highest BCUT2D eigenvalue weighted by Crippen LogP contribution is 2.19. The summed E-state index contributed by atoms with van der Waals surface area (Å²) in [6, 6.07) is 16.3. The molecule has 0 saturated heterocycles. The van der Waals surface area contributed by atoms with Crippen LogP contribution in [0.4, 0.5) is 11.6 Å². The molecule has 0 aliphatic carbocycles. The molecule has 0 spiro atoms. The summed E-state index contributed by atoms with van der Waals surface area (Å²) in [6.45, 7) is 0.372. The number of aliphatic hydroxyl groups excluding tert-OH is 1. The number of nitrogens with zero attached hydrogens (tertiary/aromatic N) is 3. The number of aliphatic hydroxyl groups is 1. The number of anilines is 2. The number of para-hydroxylation sites is 2. The lowest BCUT2D eigenvalue weighted by Crippen LogP contribution is -2.21. The smallest absolute Gasteiger partial charge is 0.244 e. The maximum atomic E-state index is 12.4. The van der Waals surface area contributed by atoms with Gasteiger partial charge in [-0.1, -0.05) is 18.2 Å². The maximum Gasteiger partial charge on any atom is 0.244 e. The first-order valence-corrected chi connectivity index (χ1v) is 7.81. The zero-order valence-electron chi connectivity index (χ0n) is 13.4.